The van der Waals surface area contributed by atoms with Crippen molar-refractivity contribution in [2.75, 3.05) is 19.0 Å². The maximum Gasteiger partial charge on any atom is 0.160 e. The van der Waals surface area contributed by atoms with E-state index in [0.717, 1.165) is 49.1 Å². The van der Waals surface area contributed by atoms with E-state index in [0.29, 0.717) is 10.9 Å². The molecule has 2 aromatic heterocycles. The number of hydrogen-bond donors (Lipinski definition) is 0. The molecule has 6 heteroatoms. The van der Waals surface area contributed by atoms with Crippen LogP contribution in [0.2, 0.25) is 5.02 Å². The molecular formula is C15H20Cl2N4. The first-order valence-electron chi connectivity index (χ1n) is 7.53. The highest BCUT2D eigenvalue weighted by Crippen LogP contribution is 2.26. The van der Waals surface area contributed by atoms with Gasteiger partial charge in [-0.3, -0.25) is 4.90 Å². The number of imidazole rings is 1. The van der Waals surface area contributed by atoms with Crippen molar-refractivity contribution < 1.29 is 0 Å². The average molecular weight is 327 g/mol. The van der Waals surface area contributed by atoms with E-state index in [-0.39, 0.29) is 0 Å². The highest BCUT2D eigenvalue weighted by molar-refractivity contribution is 6.31. The summed E-state index contributed by atoms with van der Waals surface area (Å²) in [7, 11) is 0. The molecule has 1 aliphatic rings. The molecule has 0 spiro atoms. The van der Waals surface area contributed by atoms with Crippen molar-refractivity contribution >= 4 is 34.4 Å². The van der Waals surface area contributed by atoms with Crippen LogP contribution in [0.1, 0.15) is 25.6 Å². The van der Waals surface area contributed by atoms with Gasteiger partial charge in [-0.25, -0.2) is 9.97 Å². The van der Waals surface area contributed by atoms with Gasteiger partial charge in [0.1, 0.15) is 11.3 Å². The number of hydrogen-bond acceptors (Lipinski definition) is 3. The van der Waals surface area contributed by atoms with E-state index in [1.807, 2.05) is 6.07 Å². The summed E-state index contributed by atoms with van der Waals surface area (Å²) in [6.45, 7) is 5.26. The highest BCUT2D eigenvalue weighted by atomic mass is 35.5. The Morgan fingerprint density at radius 2 is 2.24 bits per heavy atom. The predicted molar refractivity (Wildman–Crippen MR) is 87.2 cm³/mol. The zero-order valence-electron chi connectivity index (χ0n) is 12.2. The van der Waals surface area contributed by atoms with E-state index in [2.05, 4.69) is 26.4 Å². The summed E-state index contributed by atoms with van der Waals surface area (Å²) in [4.78, 5) is 11.6. The Hall–Kier alpha value is -0.840. The van der Waals surface area contributed by atoms with E-state index >= 15 is 0 Å². The maximum absolute atomic E-state index is 6.01. The van der Waals surface area contributed by atoms with E-state index in [1.54, 1.807) is 6.20 Å². The van der Waals surface area contributed by atoms with Crippen LogP contribution in [0.5, 0.6) is 0 Å². The van der Waals surface area contributed by atoms with Gasteiger partial charge in [0.2, 0.25) is 0 Å². The molecule has 2 aromatic rings. The van der Waals surface area contributed by atoms with Gasteiger partial charge < -0.3 is 4.57 Å². The van der Waals surface area contributed by atoms with Gasteiger partial charge in [-0.15, -0.1) is 11.6 Å². The van der Waals surface area contributed by atoms with Gasteiger partial charge >= 0.3 is 0 Å². The van der Waals surface area contributed by atoms with Crippen LogP contribution >= 0.6 is 23.2 Å². The molecule has 21 heavy (non-hydrogen) atoms. The Morgan fingerprint density at radius 1 is 1.43 bits per heavy atom. The Bertz CT molecular complexity index is 621. The minimum atomic E-state index is 0.567. The van der Waals surface area contributed by atoms with Crippen molar-refractivity contribution in [3.8, 4) is 0 Å². The van der Waals surface area contributed by atoms with Crippen molar-refractivity contribution in [3.63, 3.8) is 0 Å². The molecule has 0 unspecified atom stereocenters. The first kappa shape index (κ1) is 15.1. The summed E-state index contributed by atoms with van der Waals surface area (Å²) < 4.78 is 2.19. The van der Waals surface area contributed by atoms with Gasteiger partial charge in [0.05, 0.1) is 5.02 Å². The first-order valence-corrected chi connectivity index (χ1v) is 8.45. The van der Waals surface area contributed by atoms with Crippen LogP contribution < -0.4 is 0 Å². The van der Waals surface area contributed by atoms with Gasteiger partial charge in [-0.1, -0.05) is 18.5 Å². The molecule has 1 saturated carbocycles. The van der Waals surface area contributed by atoms with Crippen LogP contribution in [0, 0.1) is 0 Å². The summed E-state index contributed by atoms with van der Waals surface area (Å²) in [5.74, 6) is 1.57. The molecule has 0 saturated heterocycles. The molecule has 1 aliphatic carbocycles. The number of likely N-dealkylation sites (N-methyl/N-ethyl adjacent to an activating group) is 1. The third-order valence-corrected chi connectivity index (χ3v) is 4.42. The fourth-order valence-electron chi connectivity index (χ4n) is 2.81. The lowest BCUT2D eigenvalue weighted by molar-refractivity contribution is 0.266. The SMILES string of the molecule is CCN(CCn1c(CCCl)nc2cc(Cl)cnc21)C1CC1. The van der Waals surface area contributed by atoms with Crippen LogP contribution in [0.4, 0.5) is 0 Å². The predicted octanol–water partition coefficient (Wildman–Crippen LogP) is 3.35. The lowest BCUT2D eigenvalue weighted by atomic mass is 10.4. The minimum Gasteiger partial charge on any atom is -0.311 e. The summed E-state index contributed by atoms with van der Waals surface area (Å²) in [5.41, 5.74) is 1.77. The number of halogens is 2. The number of pyridine rings is 1. The first-order chi connectivity index (χ1) is 10.2. The van der Waals surface area contributed by atoms with Crippen LogP contribution in [-0.2, 0) is 13.0 Å². The van der Waals surface area contributed by atoms with Crippen molar-refractivity contribution in [1.82, 2.24) is 19.4 Å². The number of fused-ring (bicyclic) bond motifs is 1. The molecule has 0 aliphatic heterocycles. The Morgan fingerprint density at radius 3 is 2.90 bits per heavy atom. The van der Waals surface area contributed by atoms with Crippen LogP contribution in [0.25, 0.3) is 11.2 Å². The lowest BCUT2D eigenvalue weighted by Crippen LogP contribution is -2.29. The lowest BCUT2D eigenvalue weighted by Gasteiger charge is -2.20. The van der Waals surface area contributed by atoms with Crippen molar-refractivity contribution in [2.24, 2.45) is 0 Å². The fraction of sp³-hybridized carbons (Fsp3) is 0.600. The quantitative estimate of drug-likeness (QED) is 0.732. The summed E-state index contributed by atoms with van der Waals surface area (Å²) >= 11 is 11.9. The molecule has 4 nitrogen and oxygen atoms in total. The average Bonchev–Trinajstić information content (AvgIpc) is 3.24. The van der Waals surface area contributed by atoms with Gasteiger partial charge in [0.25, 0.3) is 0 Å². The topological polar surface area (TPSA) is 34.0 Å². The van der Waals surface area contributed by atoms with E-state index < -0.39 is 0 Å². The van der Waals surface area contributed by atoms with Gasteiger partial charge in [-0.2, -0.15) is 0 Å². The molecule has 3 rings (SSSR count). The highest BCUT2D eigenvalue weighted by Gasteiger charge is 2.27. The van der Waals surface area contributed by atoms with Gasteiger partial charge in [0, 0.05) is 37.6 Å². The Kier molecular flexibility index (Phi) is 4.67. The third kappa shape index (κ3) is 3.33. The van der Waals surface area contributed by atoms with Crippen molar-refractivity contribution in [3.05, 3.63) is 23.1 Å². The molecule has 0 amide bonds. The number of rotatable bonds is 7. The zero-order valence-corrected chi connectivity index (χ0v) is 13.7. The molecule has 0 aromatic carbocycles. The normalized spacial score (nSPS) is 15.2. The molecule has 1 fully saturated rings. The number of nitrogens with zero attached hydrogens (tertiary/aromatic N) is 4. The molecular weight excluding hydrogens is 307 g/mol. The summed E-state index contributed by atoms with van der Waals surface area (Å²) in [5, 5.41) is 0.623. The largest absolute Gasteiger partial charge is 0.311 e. The molecule has 0 N–H and O–H groups in total. The fourth-order valence-corrected chi connectivity index (χ4v) is 3.13. The third-order valence-electron chi connectivity index (χ3n) is 4.03. The van der Waals surface area contributed by atoms with Gasteiger partial charge in [-0.05, 0) is 25.5 Å². The Balaban J connectivity index is 1.85. The summed E-state index contributed by atoms with van der Waals surface area (Å²) in [6.07, 6.45) is 5.11. The molecule has 2 heterocycles. The van der Waals surface area contributed by atoms with E-state index in [9.17, 15) is 0 Å². The van der Waals surface area contributed by atoms with Gasteiger partial charge in [0.15, 0.2) is 5.65 Å². The number of aryl methyl sites for hydroxylation is 1. The van der Waals surface area contributed by atoms with E-state index in [4.69, 9.17) is 23.2 Å². The second kappa shape index (κ2) is 6.51. The minimum absolute atomic E-state index is 0.567. The second-order valence-electron chi connectivity index (χ2n) is 5.47. The second-order valence-corrected chi connectivity index (χ2v) is 6.29. The standard InChI is InChI=1S/C15H20Cl2N4/c1-2-20(12-3-4-12)7-8-21-14(5-6-16)19-13-9-11(17)10-18-15(13)21/h9-10,12H,2-8H2,1H3. The van der Waals surface area contributed by atoms with Crippen LogP contribution in [0.15, 0.2) is 12.3 Å². The smallest absolute Gasteiger partial charge is 0.160 e. The molecule has 0 bridgehead atoms. The van der Waals surface area contributed by atoms with Crippen molar-refractivity contribution in [1.29, 1.82) is 0 Å². The monoisotopic (exact) mass is 326 g/mol. The Labute approximate surface area is 135 Å². The maximum atomic E-state index is 6.01. The summed E-state index contributed by atoms with van der Waals surface area (Å²) in [6, 6.07) is 2.65. The van der Waals surface area contributed by atoms with Crippen LogP contribution in [-0.4, -0.2) is 44.4 Å². The van der Waals surface area contributed by atoms with Crippen molar-refractivity contribution in [2.45, 2.75) is 38.8 Å². The molecule has 0 atom stereocenters. The zero-order chi connectivity index (χ0) is 14.8. The molecule has 114 valence electrons. The number of aromatic nitrogens is 3. The molecule has 0 radical (unpaired) electrons. The number of alkyl halides is 1. The van der Waals surface area contributed by atoms with E-state index in [1.165, 1.54) is 12.8 Å². The van der Waals surface area contributed by atoms with Crippen LogP contribution in [0.3, 0.4) is 0 Å².